The summed E-state index contributed by atoms with van der Waals surface area (Å²) in [4.78, 5) is 26.7. The SMILES string of the molecule is COc1ccccc1OC[C@H](C)NC(=O)/C(=C/c1cccs1)NC(=O)c1ccccc1C. The molecule has 2 amide bonds. The van der Waals surface area contributed by atoms with Crippen LogP contribution in [0.4, 0.5) is 0 Å². The van der Waals surface area contributed by atoms with Gasteiger partial charge in [-0.3, -0.25) is 9.59 Å². The molecule has 1 heterocycles. The first-order chi connectivity index (χ1) is 15.5. The molecule has 0 unspecified atom stereocenters. The average molecular weight is 451 g/mol. The normalized spacial score (nSPS) is 12.0. The van der Waals surface area contributed by atoms with E-state index in [4.69, 9.17) is 9.47 Å². The van der Waals surface area contributed by atoms with Crippen molar-refractivity contribution in [2.45, 2.75) is 19.9 Å². The lowest BCUT2D eigenvalue weighted by molar-refractivity contribution is -0.118. The molecular weight excluding hydrogens is 424 g/mol. The van der Waals surface area contributed by atoms with Crippen LogP contribution >= 0.6 is 11.3 Å². The molecule has 0 aliphatic heterocycles. The van der Waals surface area contributed by atoms with E-state index >= 15 is 0 Å². The molecule has 3 rings (SSSR count). The third-order valence-electron chi connectivity index (χ3n) is 4.65. The Kier molecular flexibility index (Phi) is 8.05. The number of amides is 2. The first-order valence-electron chi connectivity index (χ1n) is 10.2. The molecule has 0 spiro atoms. The van der Waals surface area contributed by atoms with Crippen LogP contribution in [0.2, 0.25) is 0 Å². The number of carbonyl (C=O) groups excluding carboxylic acids is 2. The summed E-state index contributed by atoms with van der Waals surface area (Å²) in [6.07, 6.45) is 1.67. The molecule has 32 heavy (non-hydrogen) atoms. The molecule has 6 nitrogen and oxygen atoms in total. The van der Waals surface area contributed by atoms with Crippen LogP contribution in [-0.2, 0) is 4.79 Å². The van der Waals surface area contributed by atoms with Crippen molar-refractivity contribution >= 4 is 29.2 Å². The Morgan fingerprint density at radius 3 is 2.44 bits per heavy atom. The summed E-state index contributed by atoms with van der Waals surface area (Å²) in [5.41, 5.74) is 1.52. The molecule has 1 aromatic heterocycles. The second-order valence-electron chi connectivity index (χ2n) is 7.18. The number of aryl methyl sites for hydroxylation is 1. The molecule has 1 atom stereocenters. The largest absolute Gasteiger partial charge is 0.493 e. The number of nitrogens with one attached hydrogen (secondary N) is 2. The maximum Gasteiger partial charge on any atom is 0.268 e. The van der Waals surface area contributed by atoms with Gasteiger partial charge >= 0.3 is 0 Å². The third-order valence-corrected chi connectivity index (χ3v) is 5.47. The van der Waals surface area contributed by atoms with Crippen LogP contribution in [0.5, 0.6) is 11.5 Å². The van der Waals surface area contributed by atoms with E-state index < -0.39 is 5.91 Å². The van der Waals surface area contributed by atoms with E-state index in [-0.39, 0.29) is 24.3 Å². The standard InChI is InChI=1S/C25H26N2O4S/c1-17-9-4-5-11-20(17)24(28)27-21(15-19-10-8-14-32-19)25(29)26-18(2)16-31-23-13-7-6-12-22(23)30-3/h4-15,18H,16H2,1-3H3,(H,26,29)(H,27,28)/b21-15-/t18-/m0/s1. The summed E-state index contributed by atoms with van der Waals surface area (Å²) in [6.45, 7) is 3.93. The van der Waals surface area contributed by atoms with Gasteiger partial charge in [0.1, 0.15) is 12.3 Å². The minimum Gasteiger partial charge on any atom is -0.493 e. The molecule has 0 saturated heterocycles. The number of hydrogen-bond donors (Lipinski definition) is 2. The number of hydrogen-bond acceptors (Lipinski definition) is 5. The Bertz CT molecular complexity index is 1090. The van der Waals surface area contributed by atoms with Crippen molar-refractivity contribution in [1.82, 2.24) is 10.6 Å². The molecule has 166 valence electrons. The number of para-hydroxylation sites is 2. The molecule has 0 bridgehead atoms. The highest BCUT2D eigenvalue weighted by Gasteiger charge is 2.18. The molecule has 0 radical (unpaired) electrons. The zero-order valence-corrected chi connectivity index (χ0v) is 19.1. The molecule has 0 saturated carbocycles. The highest BCUT2D eigenvalue weighted by atomic mass is 32.1. The molecule has 2 aromatic carbocycles. The molecule has 0 aliphatic rings. The third kappa shape index (κ3) is 6.21. The van der Waals surface area contributed by atoms with Crippen LogP contribution in [-0.4, -0.2) is 31.6 Å². The molecule has 0 aliphatic carbocycles. The molecule has 2 N–H and O–H groups in total. The number of ether oxygens (including phenoxy) is 2. The zero-order valence-electron chi connectivity index (χ0n) is 18.3. The van der Waals surface area contributed by atoms with E-state index in [2.05, 4.69) is 10.6 Å². The predicted molar refractivity (Wildman–Crippen MR) is 127 cm³/mol. The second kappa shape index (κ2) is 11.2. The van der Waals surface area contributed by atoms with E-state index in [9.17, 15) is 9.59 Å². The second-order valence-corrected chi connectivity index (χ2v) is 8.16. The minimum absolute atomic E-state index is 0.171. The van der Waals surface area contributed by atoms with Gasteiger partial charge in [0.15, 0.2) is 11.5 Å². The lowest BCUT2D eigenvalue weighted by atomic mass is 10.1. The fraction of sp³-hybridized carbons (Fsp3) is 0.200. The van der Waals surface area contributed by atoms with E-state index in [0.29, 0.717) is 17.1 Å². The van der Waals surface area contributed by atoms with Crippen molar-refractivity contribution in [2.75, 3.05) is 13.7 Å². The summed E-state index contributed by atoms with van der Waals surface area (Å²) < 4.78 is 11.1. The molecule has 0 fully saturated rings. The topological polar surface area (TPSA) is 76.7 Å². The van der Waals surface area contributed by atoms with Crippen molar-refractivity contribution < 1.29 is 19.1 Å². The Morgan fingerprint density at radius 2 is 1.75 bits per heavy atom. The molecular formula is C25H26N2O4S. The highest BCUT2D eigenvalue weighted by molar-refractivity contribution is 7.10. The molecule has 7 heteroatoms. The van der Waals surface area contributed by atoms with Gasteiger partial charge in [-0.2, -0.15) is 0 Å². The number of carbonyl (C=O) groups is 2. The van der Waals surface area contributed by atoms with Crippen molar-refractivity contribution in [1.29, 1.82) is 0 Å². The molecule has 3 aromatic rings. The number of rotatable bonds is 9. The Hall–Kier alpha value is -3.58. The van der Waals surface area contributed by atoms with Gasteiger partial charge in [-0.25, -0.2) is 0 Å². The summed E-state index contributed by atoms with van der Waals surface area (Å²) in [6, 6.07) is 18.0. The zero-order chi connectivity index (χ0) is 22.9. The lowest BCUT2D eigenvalue weighted by Crippen LogP contribution is -2.41. The van der Waals surface area contributed by atoms with E-state index in [1.807, 2.05) is 61.7 Å². The average Bonchev–Trinajstić information content (AvgIpc) is 3.30. The highest BCUT2D eigenvalue weighted by Crippen LogP contribution is 2.25. The van der Waals surface area contributed by atoms with Gasteiger partial charge in [0, 0.05) is 10.4 Å². The van der Waals surface area contributed by atoms with Crippen molar-refractivity contribution in [2.24, 2.45) is 0 Å². The predicted octanol–water partition coefficient (Wildman–Crippen LogP) is 4.42. The number of benzene rings is 2. The van der Waals surface area contributed by atoms with Gasteiger partial charge < -0.3 is 20.1 Å². The Balaban J connectivity index is 1.70. The van der Waals surface area contributed by atoms with Gasteiger partial charge in [-0.15, -0.1) is 11.3 Å². The van der Waals surface area contributed by atoms with Gasteiger partial charge in [0.25, 0.3) is 11.8 Å². The van der Waals surface area contributed by atoms with Gasteiger partial charge in [0.2, 0.25) is 0 Å². The Morgan fingerprint density at radius 1 is 1.03 bits per heavy atom. The summed E-state index contributed by atoms with van der Waals surface area (Å²) in [7, 11) is 1.58. The number of thiophene rings is 1. The van der Waals surface area contributed by atoms with Crippen LogP contribution in [0.1, 0.15) is 27.7 Å². The van der Waals surface area contributed by atoms with Crippen LogP contribution in [0.15, 0.2) is 71.7 Å². The van der Waals surface area contributed by atoms with Crippen molar-refractivity contribution in [3.63, 3.8) is 0 Å². The quantitative estimate of drug-likeness (QED) is 0.473. The first kappa shape index (κ1) is 23.1. The summed E-state index contributed by atoms with van der Waals surface area (Å²) in [5.74, 6) is 0.489. The first-order valence-corrected chi connectivity index (χ1v) is 11.0. The number of methoxy groups -OCH3 is 1. The van der Waals surface area contributed by atoms with E-state index in [1.54, 1.807) is 31.4 Å². The Labute approximate surface area is 191 Å². The van der Waals surface area contributed by atoms with Crippen LogP contribution < -0.4 is 20.1 Å². The van der Waals surface area contributed by atoms with Gasteiger partial charge in [-0.1, -0.05) is 36.4 Å². The van der Waals surface area contributed by atoms with Crippen LogP contribution in [0.3, 0.4) is 0 Å². The van der Waals surface area contributed by atoms with E-state index in [0.717, 1.165) is 10.4 Å². The van der Waals surface area contributed by atoms with Crippen molar-refractivity contribution in [3.05, 3.63) is 87.7 Å². The van der Waals surface area contributed by atoms with Gasteiger partial charge in [-0.05, 0) is 55.1 Å². The van der Waals surface area contributed by atoms with Crippen LogP contribution in [0.25, 0.3) is 6.08 Å². The maximum absolute atomic E-state index is 13.0. The fourth-order valence-corrected chi connectivity index (χ4v) is 3.64. The fourth-order valence-electron chi connectivity index (χ4n) is 2.99. The smallest absolute Gasteiger partial charge is 0.268 e. The summed E-state index contributed by atoms with van der Waals surface area (Å²) in [5, 5.41) is 7.56. The van der Waals surface area contributed by atoms with E-state index in [1.165, 1.54) is 11.3 Å². The minimum atomic E-state index is -0.392. The summed E-state index contributed by atoms with van der Waals surface area (Å²) >= 11 is 1.48. The van der Waals surface area contributed by atoms with Crippen LogP contribution in [0, 0.1) is 6.92 Å². The maximum atomic E-state index is 13.0. The monoisotopic (exact) mass is 450 g/mol. The van der Waals surface area contributed by atoms with Crippen molar-refractivity contribution in [3.8, 4) is 11.5 Å². The lowest BCUT2D eigenvalue weighted by Gasteiger charge is -2.18. The van der Waals surface area contributed by atoms with Gasteiger partial charge in [0.05, 0.1) is 13.2 Å².